The molecule has 0 aliphatic heterocycles. The van der Waals surface area contributed by atoms with E-state index in [9.17, 15) is 18.0 Å². The van der Waals surface area contributed by atoms with Gasteiger partial charge in [-0.3, -0.25) is 13.9 Å². The van der Waals surface area contributed by atoms with Crippen LogP contribution in [0.25, 0.3) is 0 Å². The number of hydrogen-bond acceptors (Lipinski definition) is 4. The third-order valence-corrected chi connectivity index (χ3v) is 8.03. The van der Waals surface area contributed by atoms with Crippen molar-refractivity contribution in [1.29, 1.82) is 0 Å². The molecule has 38 heavy (non-hydrogen) atoms. The summed E-state index contributed by atoms with van der Waals surface area (Å²) in [5.41, 5.74) is 1.60. The Bertz CT molecular complexity index is 1370. The maximum Gasteiger partial charge on any atom is 0.264 e. The van der Waals surface area contributed by atoms with Crippen LogP contribution in [0.1, 0.15) is 38.8 Å². The van der Waals surface area contributed by atoms with Crippen molar-refractivity contribution < 1.29 is 18.0 Å². The van der Waals surface area contributed by atoms with Gasteiger partial charge in [0, 0.05) is 17.1 Å². The van der Waals surface area contributed by atoms with Gasteiger partial charge < -0.3 is 10.2 Å². The van der Waals surface area contributed by atoms with Crippen molar-refractivity contribution in [2.45, 2.75) is 57.6 Å². The summed E-state index contributed by atoms with van der Waals surface area (Å²) in [6.45, 7) is 8.80. The van der Waals surface area contributed by atoms with Gasteiger partial charge in [0.15, 0.2) is 0 Å². The molecule has 0 aliphatic rings. The minimum atomic E-state index is -4.11. The lowest BCUT2D eigenvalue weighted by Crippen LogP contribution is -2.54. The van der Waals surface area contributed by atoms with Crippen LogP contribution in [0.5, 0.6) is 0 Å². The van der Waals surface area contributed by atoms with Gasteiger partial charge in [-0.1, -0.05) is 54.1 Å². The predicted octanol–water partition coefficient (Wildman–Crippen LogP) is 5.18. The quantitative estimate of drug-likeness (QED) is 0.394. The van der Waals surface area contributed by atoms with E-state index >= 15 is 0 Å². The van der Waals surface area contributed by atoms with Crippen molar-refractivity contribution in [3.05, 3.63) is 95.0 Å². The molecule has 0 aliphatic carbocycles. The van der Waals surface area contributed by atoms with Crippen LogP contribution >= 0.6 is 11.6 Å². The van der Waals surface area contributed by atoms with Crippen molar-refractivity contribution in [3.8, 4) is 0 Å². The fraction of sp³-hybridized carbons (Fsp3) is 0.310. The number of rotatable bonds is 9. The number of nitrogens with zero attached hydrogens (tertiary/aromatic N) is 2. The molecule has 1 N–H and O–H groups in total. The molecule has 202 valence electrons. The van der Waals surface area contributed by atoms with Crippen molar-refractivity contribution in [3.63, 3.8) is 0 Å². The van der Waals surface area contributed by atoms with Crippen molar-refractivity contribution in [2.75, 3.05) is 10.8 Å². The minimum Gasteiger partial charge on any atom is -0.350 e. The monoisotopic (exact) mass is 555 g/mol. The third kappa shape index (κ3) is 7.36. The first-order valence-corrected chi connectivity index (χ1v) is 14.1. The average molecular weight is 556 g/mol. The zero-order valence-electron chi connectivity index (χ0n) is 22.3. The van der Waals surface area contributed by atoms with Crippen LogP contribution in [-0.2, 0) is 26.2 Å². The summed E-state index contributed by atoms with van der Waals surface area (Å²) in [5, 5.41) is 3.36. The SMILES string of the molecule is Cc1ccccc1CN(C(=O)CN(c1ccc(Cl)cc1)S(=O)(=O)c1ccccc1)[C@H](C)C(=O)NC(C)(C)C. The standard InChI is InChI=1S/C29H34ClN3O4S/c1-21-11-9-10-12-23(21)19-32(22(2)28(35)31-29(3,4)5)27(34)20-33(25-17-15-24(30)16-18-25)38(36,37)26-13-7-6-8-14-26/h6-18,22H,19-20H2,1-5H3,(H,31,35)/t22-/m1/s1. The first-order valence-electron chi connectivity index (χ1n) is 12.3. The molecule has 7 nitrogen and oxygen atoms in total. The topological polar surface area (TPSA) is 86.8 Å². The molecule has 0 spiro atoms. The lowest BCUT2D eigenvalue weighted by atomic mass is 10.1. The summed E-state index contributed by atoms with van der Waals surface area (Å²) in [6.07, 6.45) is 0. The molecule has 0 radical (unpaired) electrons. The Morgan fingerprint density at radius 2 is 1.50 bits per heavy atom. The second-order valence-corrected chi connectivity index (χ2v) is 12.5. The Labute approximate surface area is 230 Å². The lowest BCUT2D eigenvalue weighted by Gasteiger charge is -2.33. The molecule has 0 heterocycles. The molecule has 3 aromatic rings. The highest BCUT2D eigenvalue weighted by Gasteiger charge is 2.33. The van der Waals surface area contributed by atoms with Crippen molar-refractivity contribution >= 4 is 39.1 Å². The Morgan fingerprint density at radius 3 is 2.08 bits per heavy atom. The average Bonchev–Trinajstić information content (AvgIpc) is 2.86. The van der Waals surface area contributed by atoms with E-state index in [0.29, 0.717) is 5.02 Å². The van der Waals surface area contributed by atoms with Gasteiger partial charge in [0.1, 0.15) is 12.6 Å². The van der Waals surface area contributed by atoms with E-state index in [2.05, 4.69) is 5.32 Å². The Balaban J connectivity index is 2.03. The maximum absolute atomic E-state index is 13.9. The fourth-order valence-corrected chi connectivity index (χ4v) is 5.44. The molecule has 0 fully saturated rings. The number of aryl methyl sites for hydroxylation is 1. The van der Waals surface area contributed by atoms with Gasteiger partial charge in [0.05, 0.1) is 10.6 Å². The summed E-state index contributed by atoms with van der Waals surface area (Å²) in [5.74, 6) is -0.845. The second-order valence-electron chi connectivity index (χ2n) is 10.2. The van der Waals surface area contributed by atoms with Gasteiger partial charge in [-0.25, -0.2) is 8.42 Å². The first-order chi connectivity index (χ1) is 17.8. The molecule has 1 atom stereocenters. The van der Waals surface area contributed by atoms with E-state index in [1.807, 2.05) is 52.0 Å². The largest absolute Gasteiger partial charge is 0.350 e. The number of anilines is 1. The zero-order chi connectivity index (χ0) is 28.1. The highest BCUT2D eigenvalue weighted by atomic mass is 35.5. The van der Waals surface area contributed by atoms with Crippen LogP contribution < -0.4 is 9.62 Å². The first kappa shape index (κ1) is 29.2. The van der Waals surface area contributed by atoms with Crippen LogP contribution in [0, 0.1) is 6.92 Å². The molecular formula is C29H34ClN3O4S. The van der Waals surface area contributed by atoms with Gasteiger partial charge in [-0.05, 0) is 82.1 Å². The molecule has 0 bridgehead atoms. The molecular weight excluding hydrogens is 522 g/mol. The summed E-state index contributed by atoms with van der Waals surface area (Å²) in [6, 6.07) is 20.9. The number of amides is 2. The highest BCUT2D eigenvalue weighted by Crippen LogP contribution is 2.26. The van der Waals surface area contributed by atoms with E-state index < -0.39 is 34.1 Å². The van der Waals surface area contributed by atoms with E-state index in [1.165, 1.54) is 17.0 Å². The number of carbonyl (C=O) groups excluding carboxylic acids is 2. The minimum absolute atomic E-state index is 0.0479. The number of halogens is 1. The Kier molecular flexibility index (Phi) is 9.22. The van der Waals surface area contributed by atoms with Gasteiger partial charge in [-0.2, -0.15) is 0 Å². The molecule has 0 unspecified atom stereocenters. The second kappa shape index (κ2) is 12.0. The predicted molar refractivity (Wildman–Crippen MR) is 152 cm³/mol. The number of benzene rings is 3. The number of hydrogen-bond donors (Lipinski definition) is 1. The van der Waals surface area contributed by atoms with E-state index in [1.54, 1.807) is 49.4 Å². The third-order valence-electron chi connectivity index (χ3n) is 5.99. The van der Waals surface area contributed by atoms with Crippen LogP contribution in [0.4, 0.5) is 5.69 Å². The lowest BCUT2D eigenvalue weighted by molar-refractivity contribution is -0.140. The molecule has 0 saturated heterocycles. The van der Waals surface area contributed by atoms with E-state index in [0.717, 1.165) is 15.4 Å². The molecule has 9 heteroatoms. The number of nitrogens with one attached hydrogen (secondary N) is 1. The number of sulfonamides is 1. The normalized spacial score (nSPS) is 12.5. The molecule has 3 rings (SSSR count). The number of carbonyl (C=O) groups is 2. The van der Waals surface area contributed by atoms with Gasteiger partial charge in [0.25, 0.3) is 10.0 Å². The molecule has 0 saturated carbocycles. The zero-order valence-corrected chi connectivity index (χ0v) is 23.9. The Hall–Kier alpha value is -3.36. The summed E-state index contributed by atoms with van der Waals surface area (Å²) < 4.78 is 28.5. The van der Waals surface area contributed by atoms with E-state index in [4.69, 9.17) is 11.6 Å². The van der Waals surface area contributed by atoms with Gasteiger partial charge in [-0.15, -0.1) is 0 Å². The smallest absolute Gasteiger partial charge is 0.264 e. The fourth-order valence-electron chi connectivity index (χ4n) is 3.88. The summed E-state index contributed by atoms with van der Waals surface area (Å²) >= 11 is 6.05. The summed E-state index contributed by atoms with van der Waals surface area (Å²) in [4.78, 5) is 28.5. The van der Waals surface area contributed by atoms with Crippen LogP contribution in [0.15, 0.2) is 83.8 Å². The highest BCUT2D eigenvalue weighted by molar-refractivity contribution is 7.92. The summed E-state index contributed by atoms with van der Waals surface area (Å²) in [7, 11) is -4.11. The van der Waals surface area contributed by atoms with Gasteiger partial charge >= 0.3 is 0 Å². The van der Waals surface area contributed by atoms with Crippen molar-refractivity contribution in [2.24, 2.45) is 0 Å². The van der Waals surface area contributed by atoms with Crippen LogP contribution in [0.2, 0.25) is 5.02 Å². The molecule has 0 aromatic heterocycles. The van der Waals surface area contributed by atoms with Crippen LogP contribution in [-0.4, -0.2) is 43.3 Å². The van der Waals surface area contributed by atoms with Crippen LogP contribution in [0.3, 0.4) is 0 Å². The van der Waals surface area contributed by atoms with Crippen molar-refractivity contribution in [1.82, 2.24) is 10.2 Å². The Morgan fingerprint density at radius 1 is 0.921 bits per heavy atom. The van der Waals surface area contributed by atoms with Gasteiger partial charge in [0.2, 0.25) is 11.8 Å². The van der Waals surface area contributed by atoms with E-state index in [-0.39, 0.29) is 23.0 Å². The maximum atomic E-state index is 13.9. The molecule has 2 amide bonds. The molecule has 3 aromatic carbocycles.